The average Bonchev–Trinajstić information content (AvgIpc) is 2.66. The molecule has 3 aliphatic rings. The fourth-order valence-electron chi connectivity index (χ4n) is 3.31. The molecule has 2 aliphatic carbocycles. The second-order valence-corrected chi connectivity index (χ2v) is 6.86. The normalized spacial score (nSPS) is 28.2. The van der Waals surface area contributed by atoms with Crippen LogP contribution in [-0.4, -0.2) is 30.7 Å². The number of hydrogen-bond donors (Lipinski definition) is 4. The van der Waals surface area contributed by atoms with E-state index in [1.165, 1.54) is 0 Å². The van der Waals surface area contributed by atoms with E-state index in [-0.39, 0.29) is 29.3 Å². The molecule has 3 rings (SSSR count). The van der Waals surface area contributed by atoms with Crippen molar-refractivity contribution in [1.82, 2.24) is 0 Å². The molecule has 6 nitrogen and oxygen atoms in total. The summed E-state index contributed by atoms with van der Waals surface area (Å²) in [6.07, 6.45) is 16.4. The minimum Gasteiger partial charge on any atom is -0.384 e. The molecule has 27 heavy (non-hydrogen) atoms. The van der Waals surface area contributed by atoms with Crippen molar-refractivity contribution in [1.29, 1.82) is 10.8 Å². The van der Waals surface area contributed by atoms with Crippen molar-refractivity contribution >= 4 is 17.5 Å². The van der Waals surface area contributed by atoms with Crippen LogP contribution in [0.2, 0.25) is 0 Å². The van der Waals surface area contributed by atoms with Crippen LogP contribution in [0.5, 0.6) is 0 Å². The molecule has 140 valence electrons. The average molecular weight is 364 g/mol. The van der Waals surface area contributed by atoms with E-state index < -0.39 is 0 Å². The van der Waals surface area contributed by atoms with Crippen LogP contribution in [0.1, 0.15) is 12.8 Å². The maximum atomic E-state index is 12.9. The predicted octanol–water partition coefficient (Wildman–Crippen LogP) is 2.32. The van der Waals surface area contributed by atoms with E-state index in [0.717, 1.165) is 11.1 Å². The highest BCUT2D eigenvalue weighted by Gasteiger charge is 2.29. The van der Waals surface area contributed by atoms with E-state index in [1.54, 1.807) is 12.2 Å². The highest BCUT2D eigenvalue weighted by atomic mass is 16.5. The van der Waals surface area contributed by atoms with Crippen molar-refractivity contribution in [3.63, 3.8) is 0 Å². The van der Waals surface area contributed by atoms with Crippen LogP contribution in [0.4, 0.5) is 0 Å². The topological polar surface area (TPSA) is 126 Å². The molecule has 0 aromatic rings. The zero-order valence-corrected chi connectivity index (χ0v) is 15.1. The van der Waals surface area contributed by atoms with Crippen LogP contribution in [0.15, 0.2) is 70.9 Å². The van der Waals surface area contributed by atoms with E-state index in [4.69, 9.17) is 27.0 Å². The van der Waals surface area contributed by atoms with Crippen molar-refractivity contribution in [2.24, 2.45) is 23.3 Å². The van der Waals surface area contributed by atoms with E-state index in [0.29, 0.717) is 37.2 Å². The fraction of sp³-hybridized carbons (Fsp3) is 0.286. The molecule has 0 saturated carbocycles. The van der Waals surface area contributed by atoms with Crippen molar-refractivity contribution in [3.8, 4) is 0 Å². The number of hydrogen-bond acceptors (Lipinski definition) is 4. The van der Waals surface area contributed by atoms with Gasteiger partial charge < -0.3 is 16.2 Å². The third-order valence-corrected chi connectivity index (χ3v) is 4.85. The molecule has 1 aliphatic heterocycles. The van der Waals surface area contributed by atoms with Crippen LogP contribution in [-0.2, 0) is 9.53 Å². The lowest BCUT2D eigenvalue weighted by Gasteiger charge is -2.26. The van der Waals surface area contributed by atoms with Gasteiger partial charge in [-0.05, 0) is 24.0 Å². The summed E-state index contributed by atoms with van der Waals surface area (Å²) in [5, 5.41) is 14.9. The molecule has 0 aromatic heterocycles. The summed E-state index contributed by atoms with van der Waals surface area (Å²) in [5.74, 6) is -0.286. The number of allylic oxidation sites excluding steroid dienone is 6. The second kappa shape index (κ2) is 8.14. The van der Waals surface area contributed by atoms with Crippen molar-refractivity contribution < 1.29 is 9.53 Å². The lowest BCUT2D eigenvalue weighted by Crippen LogP contribution is -2.34. The van der Waals surface area contributed by atoms with Gasteiger partial charge in [-0.1, -0.05) is 48.6 Å². The minimum absolute atomic E-state index is 0.0524. The number of ketones is 1. The van der Waals surface area contributed by atoms with Crippen LogP contribution in [0, 0.1) is 22.7 Å². The van der Waals surface area contributed by atoms with Gasteiger partial charge in [-0.3, -0.25) is 15.6 Å². The summed E-state index contributed by atoms with van der Waals surface area (Å²) >= 11 is 0. The molecular weight excluding hydrogens is 340 g/mol. The zero-order valence-electron chi connectivity index (χ0n) is 15.1. The molecular formula is C21H24N4O2. The monoisotopic (exact) mass is 364 g/mol. The van der Waals surface area contributed by atoms with E-state index >= 15 is 0 Å². The fourth-order valence-corrected chi connectivity index (χ4v) is 3.31. The number of carbonyl (C=O) groups is 1. The Kier molecular flexibility index (Phi) is 5.66. The molecule has 6 N–H and O–H groups in total. The van der Waals surface area contributed by atoms with E-state index in [9.17, 15) is 4.79 Å². The summed E-state index contributed by atoms with van der Waals surface area (Å²) < 4.78 is 5.67. The van der Waals surface area contributed by atoms with Gasteiger partial charge in [0.2, 0.25) is 0 Å². The first-order valence-electron chi connectivity index (χ1n) is 8.92. The number of carbonyl (C=O) groups excluding carboxylic acids is 1. The van der Waals surface area contributed by atoms with Gasteiger partial charge in [0, 0.05) is 11.1 Å². The first-order chi connectivity index (χ1) is 12.9. The van der Waals surface area contributed by atoms with Crippen LogP contribution in [0.3, 0.4) is 0 Å². The first kappa shape index (κ1) is 18.8. The molecule has 6 heteroatoms. The molecule has 0 bridgehead atoms. The molecule has 0 radical (unpaired) electrons. The molecule has 2 atom stereocenters. The standard InChI is InChI=1S/C21H24N4O2/c22-20(23)15-5-1-13(2-6-15)9-17-11-27-12-18(19(17)26)10-14-3-7-16(8-4-14)21(24)25/h1,3,5-10,17-18H,2,4,11-12H2,(H3,22,23)(H3,24,25). The Bertz CT molecular complexity index is 787. The first-order valence-corrected chi connectivity index (χ1v) is 8.92. The van der Waals surface area contributed by atoms with Gasteiger partial charge in [0.15, 0.2) is 5.78 Å². The summed E-state index contributed by atoms with van der Waals surface area (Å²) in [6, 6.07) is 0. The number of rotatable bonds is 4. The molecule has 0 spiro atoms. The highest BCUT2D eigenvalue weighted by Crippen LogP contribution is 2.25. The second-order valence-electron chi connectivity index (χ2n) is 6.86. The van der Waals surface area contributed by atoms with Crippen molar-refractivity contribution in [2.45, 2.75) is 12.8 Å². The minimum atomic E-state index is -0.275. The van der Waals surface area contributed by atoms with Gasteiger partial charge in [0.05, 0.1) is 25.0 Å². The summed E-state index contributed by atoms with van der Waals surface area (Å²) in [5.41, 5.74) is 14.5. The maximum Gasteiger partial charge on any atom is 0.151 e. The van der Waals surface area contributed by atoms with Crippen LogP contribution < -0.4 is 11.5 Å². The van der Waals surface area contributed by atoms with Crippen LogP contribution >= 0.6 is 0 Å². The van der Waals surface area contributed by atoms with Crippen LogP contribution in [0.25, 0.3) is 0 Å². The lowest BCUT2D eigenvalue weighted by molar-refractivity contribution is -0.132. The number of nitrogens with two attached hydrogens (primary N) is 2. The third-order valence-electron chi connectivity index (χ3n) is 4.85. The van der Waals surface area contributed by atoms with E-state index in [2.05, 4.69) is 0 Å². The SMILES string of the molecule is N=C(N)C1=CCC(=CC2COCC(C=C3C=CC(C(=N)N)=CC3)C2=O)C=C1. The van der Waals surface area contributed by atoms with Gasteiger partial charge in [0.25, 0.3) is 0 Å². The molecule has 1 saturated heterocycles. The Morgan fingerprint density at radius 2 is 1.33 bits per heavy atom. The molecule has 2 unspecified atom stereocenters. The Morgan fingerprint density at radius 1 is 0.889 bits per heavy atom. The van der Waals surface area contributed by atoms with Gasteiger partial charge in [-0.15, -0.1) is 0 Å². The van der Waals surface area contributed by atoms with Crippen molar-refractivity contribution in [3.05, 3.63) is 70.9 Å². The van der Waals surface area contributed by atoms with Crippen molar-refractivity contribution in [2.75, 3.05) is 13.2 Å². The highest BCUT2D eigenvalue weighted by molar-refractivity contribution is 5.98. The largest absolute Gasteiger partial charge is 0.384 e. The Hall–Kier alpha value is -2.99. The van der Waals surface area contributed by atoms with Gasteiger partial charge >= 0.3 is 0 Å². The Labute approximate surface area is 158 Å². The number of Topliss-reactive ketones (excluding diaryl/α,β-unsaturated/α-hetero) is 1. The van der Waals surface area contributed by atoms with E-state index in [1.807, 2.05) is 36.5 Å². The molecule has 0 amide bonds. The van der Waals surface area contributed by atoms with Gasteiger partial charge in [0.1, 0.15) is 11.7 Å². The Balaban J connectivity index is 1.67. The maximum absolute atomic E-state index is 12.9. The Morgan fingerprint density at radius 3 is 1.67 bits per heavy atom. The van der Waals surface area contributed by atoms with Gasteiger partial charge in [-0.25, -0.2) is 0 Å². The van der Waals surface area contributed by atoms with Gasteiger partial charge in [-0.2, -0.15) is 0 Å². The zero-order chi connectivity index (χ0) is 19.4. The molecule has 0 aromatic carbocycles. The molecule has 1 fully saturated rings. The lowest BCUT2D eigenvalue weighted by atomic mass is 9.86. The molecule has 1 heterocycles. The smallest absolute Gasteiger partial charge is 0.151 e. The third kappa shape index (κ3) is 4.60. The summed E-state index contributed by atoms with van der Waals surface area (Å²) in [6.45, 7) is 0.784. The number of ether oxygens (including phenoxy) is 1. The summed E-state index contributed by atoms with van der Waals surface area (Å²) in [7, 11) is 0. The number of amidine groups is 2. The quantitative estimate of drug-likeness (QED) is 0.451. The summed E-state index contributed by atoms with van der Waals surface area (Å²) in [4.78, 5) is 12.9. The predicted molar refractivity (Wildman–Crippen MR) is 106 cm³/mol. The number of nitrogens with one attached hydrogen (secondary N) is 2.